The molecule has 0 radical (unpaired) electrons. The van der Waals surface area contributed by atoms with Crippen molar-refractivity contribution in [2.75, 3.05) is 11.9 Å². The van der Waals surface area contributed by atoms with Crippen molar-refractivity contribution < 1.29 is 14.3 Å². The quantitative estimate of drug-likeness (QED) is 0.471. The highest BCUT2D eigenvalue weighted by molar-refractivity contribution is 5.94. The number of anilines is 1. The average molecular weight is 405 g/mol. The first-order valence-corrected chi connectivity index (χ1v) is 9.33. The van der Waals surface area contributed by atoms with Gasteiger partial charge >= 0.3 is 5.97 Å². The van der Waals surface area contributed by atoms with Crippen molar-refractivity contribution in [2.45, 2.75) is 20.4 Å². The van der Waals surface area contributed by atoms with Crippen LogP contribution in [-0.4, -0.2) is 48.7 Å². The summed E-state index contributed by atoms with van der Waals surface area (Å²) in [7, 11) is 0. The predicted molar refractivity (Wildman–Crippen MR) is 109 cm³/mol. The van der Waals surface area contributed by atoms with Gasteiger partial charge in [0.05, 0.1) is 23.2 Å². The number of esters is 1. The standard InChI is InChI=1S/C20H19N7O3/c1-3-30-20(29)14-5-4-6-15(9-14)23-18(28)11-27-25-19(24-26-27)13-7-8-16-17(10-13)22-12(2)21-16/h4-10H,3,11H2,1-2H3,(H,21,22)(H,23,28). The van der Waals surface area contributed by atoms with Crippen LogP contribution in [0.2, 0.25) is 0 Å². The lowest BCUT2D eigenvalue weighted by Gasteiger charge is -2.06. The van der Waals surface area contributed by atoms with E-state index < -0.39 is 5.97 Å². The zero-order valence-electron chi connectivity index (χ0n) is 16.4. The van der Waals surface area contributed by atoms with E-state index in [-0.39, 0.29) is 19.1 Å². The number of nitrogens with zero attached hydrogens (tertiary/aromatic N) is 5. The van der Waals surface area contributed by atoms with Gasteiger partial charge in [-0.2, -0.15) is 4.80 Å². The Morgan fingerprint density at radius 2 is 2.07 bits per heavy atom. The number of hydrogen-bond donors (Lipinski definition) is 2. The van der Waals surface area contributed by atoms with Crippen molar-refractivity contribution >= 4 is 28.6 Å². The Morgan fingerprint density at radius 1 is 1.20 bits per heavy atom. The van der Waals surface area contributed by atoms with Crippen LogP contribution in [0.15, 0.2) is 42.5 Å². The number of aromatic amines is 1. The van der Waals surface area contributed by atoms with Gasteiger partial charge in [0.1, 0.15) is 12.4 Å². The Balaban J connectivity index is 1.43. The molecular formula is C20H19N7O3. The highest BCUT2D eigenvalue weighted by Crippen LogP contribution is 2.20. The van der Waals surface area contributed by atoms with Crippen molar-refractivity contribution in [3.8, 4) is 11.4 Å². The number of aromatic nitrogens is 6. The fourth-order valence-electron chi connectivity index (χ4n) is 2.97. The number of ether oxygens (including phenoxy) is 1. The molecule has 4 aromatic rings. The molecule has 0 aliphatic heterocycles. The normalized spacial score (nSPS) is 10.9. The number of aryl methyl sites for hydroxylation is 1. The summed E-state index contributed by atoms with van der Waals surface area (Å²) in [5.41, 5.74) is 3.33. The van der Waals surface area contributed by atoms with Crippen molar-refractivity contribution in [3.63, 3.8) is 0 Å². The summed E-state index contributed by atoms with van der Waals surface area (Å²) >= 11 is 0. The Bertz CT molecular complexity index is 1230. The summed E-state index contributed by atoms with van der Waals surface area (Å²) in [6, 6.07) is 12.1. The van der Waals surface area contributed by atoms with E-state index in [0.717, 1.165) is 22.4 Å². The van der Waals surface area contributed by atoms with Crippen LogP contribution in [0.3, 0.4) is 0 Å². The molecule has 4 rings (SSSR count). The van der Waals surface area contributed by atoms with Gasteiger partial charge in [-0.1, -0.05) is 6.07 Å². The molecule has 0 saturated carbocycles. The summed E-state index contributed by atoms with van der Waals surface area (Å²) in [4.78, 5) is 32.9. The fourth-order valence-corrected chi connectivity index (χ4v) is 2.97. The molecule has 0 unspecified atom stereocenters. The summed E-state index contributed by atoms with van der Waals surface area (Å²) in [6.45, 7) is 3.77. The van der Waals surface area contributed by atoms with Crippen LogP contribution in [0.1, 0.15) is 23.1 Å². The Morgan fingerprint density at radius 3 is 2.90 bits per heavy atom. The van der Waals surface area contributed by atoms with Crippen molar-refractivity contribution in [1.29, 1.82) is 0 Å². The van der Waals surface area contributed by atoms with E-state index >= 15 is 0 Å². The van der Waals surface area contributed by atoms with Crippen molar-refractivity contribution in [2.24, 2.45) is 0 Å². The summed E-state index contributed by atoms with van der Waals surface area (Å²) in [5, 5.41) is 15.0. The van der Waals surface area contributed by atoms with E-state index in [1.807, 2.05) is 25.1 Å². The fraction of sp³-hybridized carbons (Fsp3) is 0.200. The molecule has 10 nitrogen and oxygen atoms in total. The van der Waals surface area contributed by atoms with Crippen LogP contribution >= 0.6 is 0 Å². The molecule has 2 aromatic heterocycles. The van der Waals surface area contributed by atoms with Crippen LogP contribution in [-0.2, 0) is 16.1 Å². The first-order valence-electron chi connectivity index (χ1n) is 9.33. The Hall–Kier alpha value is -4.08. The molecule has 2 N–H and O–H groups in total. The van der Waals surface area contributed by atoms with E-state index in [0.29, 0.717) is 17.1 Å². The minimum absolute atomic E-state index is 0.123. The number of benzene rings is 2. The molecule has 0 aliphatic carbocycles. The number of fused-ring (bicyclic) bond motifs is 1. The third-order valence-electron chi connectivity index (χ3n) is 4.25. The number of carbonyl (C=O) groups excluding carboxylic acids is 2. The third-order valence-corrected chi connectivity index (χ3v) is 4.25. The third kappa shape index (κ3) is 4.17. The van der Waals surface area contributed by atoms with Gasteiger partial charge in [-0.25, -0.2) is 9.78 Å². The lowest BCUT2D eigenvalue weighted by Crippen LogP contribution is -2.20. The molecule has 0 fully saturated rings. The molecule has 152 valence electrons. The average Bonchev–Trinajstić information content (AvgIpc) is 3.33. The summed E-state index contributed by atoms with van der Waals surface area (Å²) < 4.78 is 4.97. The van der Waals surface area contributed by atoms with Gasteiger partial charge in [-0.15, -0.1) is 10.2 Å². The van der Waals surface area contributed by atoms with Gasteiger partial charge in [0.15, 0.2) is 0 Å². The van der Waals surface area contributed by atoms with Crippen LogP contribution in [0.5, 0.6) is 0 Å². The number of nitrogens with one attached hydrogen (secondary N) is 2. The molecule has 0 spiro atoms. The zero-order chi connectivity index (χ0) is 21.1. The SMILES string of the molecule is CCOC(=O)c1cccc(NC(=O)Cn2nnc(-c3ccc4nc(C)[nH]c4c3)n2)c1. The Labute approximate surface area is 171 Å². The first-order chi connectivity index (χ1) is 14.5. The van der Waals surface area contributed by atoms with E-state index in [4.69, 9.17) is 4.74 Å². The van der Waals surface area contributed by atoms with Gasteiger partial charge in [0, 0.05) is 11.3 Å². The largest absolute Gasteiger partial charge is 0.462 e. The molecule has 10 heteroatoms. The molecule has 30 heavy (non-hydrogen) atoms. The van der Waals surface area contributed by atoms with Crippen LogP contribution in [0.25, 0.3) is 22.4 Å². The second-order valence-corrected chi connectivity index (χ2v) is 6.55. The maximum atomic E-state index is 12.3. The molecule has 1 amide bonds. The highest BCUT2D eigenvalue weighted by atomic mass is 16.5. The van der Waals surface area contributed by atoms with Crippen molar-refractivity contribution in [1.82, 2.24) is 30.2 Å². The lowest BCUT2D eigenvalue weighted by atomic mass is 10.2. The monoisotopic (exact) mass is 405 g/mol. The molecule has 0 atom stereocenters. The molecule has 2 aromatic carbocycles. The molecule has 0 aliphatic rings. The smallest absolute Gasteiger partial charge is 0.338 e. The second kappa shape index (κ2) is 8.11. The van der Waals surface area contributed by atoms with E-state index in [1.54, 1.807) is 31.2 Å². The minimum atomic E-state index is -0.444. The van der Waals surface area contributed by atoms with Gasteiger partial charge in [0.2, 0.25) is 11.7 Å². The number of imidazole rings is 1. The van der Waals surface area contributed by atoms with Gasteiger partial charge in [0.25, 0.3) is 0 Å². The highest BCUT2D eigenvalue weighted by Gasteiger charge is 2.12. The van der Waals surface area contributed by atoms with E-state index in [1.165, 1.54) is 4.80 Å². The zero-order valence-corrected chi connectivity index (χ0v) is 16.4. The molecule has 0 bridgehead atoms. The molecular weight excluding hydrogens is 386 g/mol. The van der Waals surface area contributed by atoms with Gasteiger partial charge in [-0.05, 0) is 55.5 Å². The van der Waals surface area contributed by atoms with Crippen LogP contribution in [0, 0.1) is 6.92 Å². The van der Waals surface area contributed by atoms with Crippen LogP contribution in [0.4, 0.5) is 5.69 Å². The summed E-state index contributed by atoms with van der Waals surface area (Å²) in [6.07, 6.45) is 0. The van der Waals surface area contributed by atoms with E-state index in [9.17, 15) is 9.59 Å². The lowest BCUT2D eigenvalue weighted by molar-refractivity contribution is -0.117. The maximum absolute atomic E-state index is 12.3. The maximum Gasteiger partial charge on any atom is 0.338 e. The Kier molecular flexibility index (Phi) is 5.21. The predicted octanol–water partition coefficient (Wildman–Crippen LogP) is 2.34. The number of carbonyl (C=O) groups is 2. The molecule has 0 saturated heterocycles. The summed E-state index contributed by atoms with van der Waals surface area (Å²) in [5.74, 6) is 0.434. The van der Waals surface area contributed by atoms with E-state index in [2.05, 4.69) is 30.7 Å². The first kappa shape index (κ1) is 19.2. The number of hydrogen-bond acceptors (Lipinski definition) is 7. The second-order valence-electron chi connectivity index (χ2n) is 6.55. The van der Waals surface area contributed by atoms with Crippen molar-refractivity contribution in [3.05, 3.63) is 53.9 Å². The number of amides is 1. The number of H-pyrrole nitrogens is 1. The minimum Gasteiger partial charge on any atom is -0.462 e. The van der Waals surface area contributed by atoms with Gasteiger partial charge < -0.3 is 15.0 Å². The number of rotatable bonds is 6. The van der Waals surface area contributed by atoms with Crippen LogP contribution < -0.4 is 5.32 Å². The molecule has 2 heterocycles. The number of tetrazole rings is 1. The topological polar surface area (TPSA) is 128 Å². The van der Waals surface area contributed by atoms with Gasteiger partial charge in [-0.3, -0.25) is 4.79 Å².